The highest BCUT2D eigenvalue weighted by molar-refractivity contribution is 9.10. The Balaban J connectivity index is 2.70. The Kier molecular flexibility index (Phi) is 2.89. The predicted molar refractivity (Wildman–Crippen MR) is 62.6 cm³/mol. The van der Waals surface area contributed by atoms with Gasteiger partial charge in [0.15, 0.2) is 0 Å². The van der Waals surface area contributed by atoms with Crippen LogP contribution in [0, 0.1) is 21.4 Å². The lowest BCUT2D eigenvalue weighted by Crippen LogP contribution is -2.01. The summed E-state index contributed by atoms with van der Waals surface area (Å²) in [6.07, 6.45) is 2.93. The molecule has 0 spiro atoms. The van der Waals surface area contributed by atoms with E-state index < -0.39 is 4.92 Å². The quantitative estimate of drug-likeness (QED) is 0.628. The number of hydrogen-bond acceptors (Lipinski definition) is 4. The lowest BCUT2D eigenvalue weighted by atomic mass is 10.2. The van der Waals surface area contributed by atoms with E-state index in [2.05, 4.69) is 20.9 Å². The molecule has 0 radical (unpaired) electrons. The number of benzene rings is 1. The maximum atomic E-state index is 10.9. The van der Waals surface area contributed by atoms with Gasteiger partial charge in [-0.15, -0.1) is 0 Å². The Hall–Kier alpha value is -2.20. The van der Waals surface area contributed by atoms with Gasteiger partial charge in [-0.05, 0) is 12.1 Å². The standard InChI is InChI=1S/C10H5BrN4O2/c11-7-1-2-8(15(16)17)9(5-7)14-4-3-13-10(14)6-12/h1-5H. The third kappa shape index (κ3) is 2.03. The summed E-state index contributed by atoms with van der Waals surface area (Å²) in [7, 11) is 0. The summed E-state index contributed by atoms with van der Waals surface area (Å²) in [5.74, 6) is 0.103. The molecule has 0 unspecified atom stereocenters. The van der Waals surface area contributed by atoms with E-state index in [0.29, 0.717) is 10.2 Å². The number of nitro benzene ring substituents is 1. The van der Waals surface area contributed by atoms with E-state index in [4.69, 9.17) is 5.26 Å². The maximum absolute atomic E-state index is 10.9. The average Bonchev–Trinajstić information content (AvgIpc) is 2.76. The van der Waals surface area contributed by atoms with Gasteiger partial charge in [-0.3, -0.25) is 14.7 Å². The zero-order valence-electron chi connectivity index (χ0n) is 8.37. The summed E-state index contributed by atoms with van der Waals surface area (Å²) in [5.41, 5.74) is 0.223. The first-order valence-corrected chi connectivity index (χ1v) is 5.30. The maximum Gasteiger partial charge on any atom is 0.293 e. The van der Waals surface area contributed by atoms with Crippen LogP contribution in [-0.2, 0) is 0 Å². The molecule has 0 fully saturated rings. The zero-order valence-corrected chi connectivity index (χ0v) is 9.96. The van der Waals surface area contributed by atoms with Crippen molar-refractivity contribution in [3.8, 4) is 11.8 Å². The fourth-order valence-corrected chi connectivity index (χ4v) is 1.77. The molecule has 0 aliphatic heterocycles. The zero-order chi connectivity index (χ0) is 12.4. The molecule has 2 aromatic rings. The molecule has 0 bridgehead atoms. The number of halogens is 1. The molecule has 2 rings (SSSR count). The Labute approximate surface area is 104 Å². The normalized spacial score (nSPS) is 9.88. The van der Waals surface area contributed by atoms with Gasteiger partial charge in [0.1, 0.15) is 11.8 Å². The number of nitro groups is 1. The second-order valence-corrected chi connectivity index (χ2v) is 4.04. The molecule has 17 heavy (non-hydrogen) atoms. The van der Waals surface area contributed by atoms with E-state index in [1.165, 1.54) is 23.0 Å². The molecule has 1 heterocycles. The number of imidazole rings is 1. The van der Waals surface area contributed by atoms with Crippen molar-refractivity contribution in [2.45, 2.75) is 0 Å². The molecule has 6 nitrogen and oxygen atoms in total. The summed E-state index contributed by atoms with van der Waals surface area (Å²) in [5, 5.41) is 19.8. The average molecular weight is 293 g/mol. The van der Waals surface area contributed by atoms with Crippen LogP contribution in [0.5, 0.6) is 0 Å². The van der Waals surface area contributed by atoms with Crippen molar-refractivity contribution in [1.82, 2.24) is 9.55 Å². The third-order valence-corrected chi connectivity index (χ3v) is 2.63. The predicted octanol–water partition coefficient (Wildman–Crippen LogP) is 2.41. The Morgan fingerprint density at radius 3 is 2.94 bits per heavy atom. The van der Waals surface area contributed by atoms with Gasteiger partial charge in [-0.2, -0.15) is 5.26 Å². The van der Waals surface area contributed by atoms with Crippen LogP contribution in [0.3, 0.4) is 0 Å². The van der Waals surface area contributed by atoms with Crippen LogP contribution in [-0.4, -0.2) is 14.5 Å². The Morgan fingerprint density at radius 1 is 1.53 bits per heavy atom. The van der Waals surface area contributed by atoms with Crippen molar-refractivity contribution in [1.29, 1.82) is 5.26 Å². The van der Waals surface area contributed by atoms with Gasteiger partial charge in [0.2, 0.25) is 5.82 Å². The molecular formula is C10H5BrN4O2. The van der Waals surface area contributed by atoms with Crippen molar-refractivity contribution < 1.29 is 4.92 Å². The molecule has 1 aromatic carbocycles. The van der Waals surface area contributed by atoms with Crippen molar-refractivity contribution in [2.75, 3.05) is 0 Å². The minimum atomic E-state index is -0.497. The molecule has 0 aliphatic rings. The number of rotatable bonds is 2. The van der Waals surface area contributed by atoms with E-state index in [1.54, 1.807) is 12.1 Å². The molecule has 0 N–H and O–H groups in total. The van der Waals surface area contributed by atoms with Crippen LogP contribution in [0.15, 0.2) is 35.1 Å². The second-order valence-electron chi connectivity index (χ2n) is 3.12. The molecule has 0 amide bonds. The highest BCUT2D eigenvalue weighted by atomic mass is 79.9. The SMILES string of the molecule is N#Cc1nccn1-c1cc(Br)ccc1[N+](=O)[O-]. The first kappa shape index (κ1) is 11.3. The first-order chi connectivity index (χ1) is 8.13. The number of aromatic nitrogens is 2. The number of nitrogens with zero attached hydrogens (tertiary/aromatic N) is 4. The van der Waals surface area contributed by atoms with Gasteiger partial charge >= 0.3 is 0 Å². The summed E-state index contributed by atoms with van der Waals surface area (Å²) < 4.78 is 2.07. The van der Waals surface area contributed by atoms with Gasteiger partial charge in [-0.25, -0.2) is 4.98 Å². The topological polar surface area (TPSA) is 84.8 Å². The van der Waals surface area contributed by atoms with Crippen molar-refractivity contribution in [2.24, 2.45) is 0 Å². The van der Waals surface area contributed by atoms with Crippen molar-refractivity contribution in [3.63, 3.8) is 0 Å². The van der Waals surface area contributed by atoms with E-state index in [9.17, 15) is 10.1 Å². The van der Waals surface area contributed by atoms with E-state index in [0.717, 1.165) is 0 Å². The number of nitriles is 1. The molecule has 0 aliphatic carbocycles. The van der Waals surface area contributed by atoms with Gasteiger partial charge < -0.3 is 0 Å². The van der Waals surface area contributed by atoms with Crippen LogP contribution in [0.1, 0.15) is 5.82 Å². The van der Waals surface area contributed by atoms with E-state index in [-0.39, 0.29) is 11.5 Å². The Morgan fingerprint density at radius 2 is 2.29 bits per heavy atom. The summed E-state index contributed by atoms with van der Waals surface area (Å²) in [6, 6.07) is 6.39. The van der Waals surface area contributed by atoms with E-state index in [1.807, 2.05) is 6.07 Å². The summed E-state index contributed by atoms with van der Waals surface area (Å²) in [6.45, 7) is 0. The minimum Gasteiger partial charge on any atom is -0.285 e. The highest BCUT2D eigenvalue weighted by Gasteiger charge is 2.17. The minimum absolute atomic E-state index is 0.0808. The summed E-state index contributed by atoms with van der Waals surface area (Å²) in [4.78, 5) is 14.2. The van der Waals surface area contributed by atoms with Gasteiger partial charge in [0, 0.05) is 22.9 Å². The fourth-order valence-electron chi connectivity index (χ4n) is 1.42. The van der Waals surface area contributed by atoms with Crippen LogP contribution in [0.2, 0.25) is 0 Å². The smallest absolute Gasteiger partial charge is 0.285 e. The third-order valence-electron chi connectivity index (χ3n) is 2.13. The Bertz CT molecular complexity index is 629. The van der Waals surface area contributed by atoms with Gasteiger partial charge in [0.05, 0.1) is 4.92 Å². The van der Waals surface area contributed by atoms with Crippen molar-refractivity contribution >= 4 is 21.6 Å². The molecule has 7 heteroatoms. The first-order valence-electron chi connectivity index (χ1n) is 4.51. The van der Waals surface area contributed by atoms with Crippen LogP contribution in [0.25, 0.3) is 5.69 Å². The summed E-state index contributed by atoms with van der Waals surface area (Å²) >= 11 is 3.24. The monoisotopic (exact) mass is 292 g/mol. The molecule has 84 valence electrons. The van der Waals surface area contributed by atoms with Crippen LogP contribution in [0.4, 0.5) is 5.69 Å². The molecule has 0 saturated heterocycles. The molecule has 1 aromatic heterocycles. The highest BCUT2D eigenvalue weighted by Crippen LogP contribution is 2.27. The van der Waals surface area contributed by atoms with E-state index >= 15 is 0 Å². The second kappa shape index (κ2) is 4.35. The lowest BCUT2D eigenvalue weighted by molar-refractivity contribution is -0.384. The molecule has 0 atom stereocenters. The molecule has 0 saturated carbocycles. The van der Waals surface area contributed by atoms with Gasteiger partial charge in [0.25, 0.3) is 5.69 Å². The molecular weight excluding hydrogens is 288 g/mol. The van der Waals surface area contributed by atoms with Gasteiger partial charge in [-0.1, -0.05) is 15.9 Å². The fraction of sp³-hybridized carbons (Fsp3) is 0. The van der Waals surface area contributed by atoms with Crippen molar-refractivity contribution in [3.05, 3.63) is 51.0 Å². The van der Waals surface area contributed by atoms with Crippen LogP contribution < -0.4 is 0 Å². The largest absolute Gasteiger partial charge is 0.293 e. The number of hydrogen-bond donors (Lipinski definition) is 0. The van der Waals surface area contributed by atoms with Crippen LogP contribution >= 0.6 is 15.9 Å². The lowest BCUT2D eigenvalue weighted by Gasteiger charge is -2.05.